The highest BCUT2D eigenvalue weighted by atomic mass is 35.5. The summed E-state index contributed by atoms with van der Waals surface area (Å²) in [5.41, 5.74) is 0.531. The van der Waals surface area contributed by atoms with E-state index in [-0.39, 0.29) is 22.0 Å². The first kappa shape index (κ1) is 22.9. The van der Waals surface area contributed by atoms with Gasteiger partial charge in [-0.3, -0.25) is 19.3 Å². The lowest BCUT2D eigenvalue weighted by atomic mass is 10.1. The van der Waals surface area contributed by atoms with Crippen molar-refractivity contribution in [1.82, 2.24) is 9.47 Å². The van der Waals surface area contributed by atoms with E-state index >= 15 is 0 Å². The van der Waals surface area contributed by atoms with Crippen molar-refractivity contribution in [3.8, 4) is 0 Å². The van der Waals surface area contributed by atoms with E-state index in [2.05, 4.69) is 0 Å². The number of rotatable bonds is 5. The molecule has 4 rings (SSSR count). The molecule has 1 N–H and O–H groups in total. The van der Waals surface area contributed by atoms with E-state index < -0.39 is 35.4 Å². The molecule has 170 valence electrons. The van der Waals surface area contributed by atoms with Crippen LogP contribution in [0.5, 0.6) is 0 Å². The summed E-state index contributed by atoms with van der Waals surface area (Å²) in [5.74, 6) is -1.98. The Balaban J connectivity index is 1.62. The number of aromatic nitrogens is 1. The van der Waals surface area contributed by atoms with Gasteiger partial charge in [0.05, 0.1) is 10.5 Å². The molecule has 0 aliphatic carbocycles. The number of thioether (sulfide) groups is 1. The highest BCUT2D eigenvalue weighted by Crippen LogP contribution is 2.35. The number of carboxylic acid groups (broad SMARTS) is 1. The smallest absolute Gasteiger partial charge is 0.416 e. The lowest BCUT2D eigenvalue weighted by Gasteiger charge is -2.14. The second-order valence-electron chi connectivity index (χ2n) is 7.22. The summed E-state index contributed by atoms with van der Waals surface area (Å²) in [5, 5.41) is 8.90. The standard InChI is InChI=1S/C22H14ClF3N2O4S/c23-15-3-2-14(16(9-15)22(24,25)26)10-27-6-5-13-7-12(1-4-17(13)27)8-18-20(31)28(11-19(29)30)21(32)33-18/h1-9H,10-11H2,(H,29,30)/b18-8-. The van der Waals surface area contributed by atoms with Crippen molar-refractivity contribution in [2.24, 2.45) is 0 Å². The zero-order valence-corrected chi connectivity index (χ0v) is 18.2. The summed E-state index contributed by atoms with van der Waals surface area (Å²) in [6.07, 6.45) is -1.41. The number of carboxylic acids is 1. The Morgan fingerprint density at radius 1 is 1.12 bits per heavy atom. The van der Waals surface area contributed by atoms with E-state index in [1.165, 1.54) is 18.2 Å². The largest absolute Gasteiger partial charge is 0.480 e. The summed E-state index contributed by atoms with van der Waals surface area (Å²) < 4.78 is 41.9. The first-order chi connectivity index (χ1) is 15.5. The van der Waals surface area contributed by atoms with E-state index in [9.17, 15) is 27.6 Å². The van der Waals surface area contributed by atoms with Crippen LogP contribution in [-0.4, -0.2) is 38.2 Å². The van der Waals surface area contributed by atoms with Gasteiger partial charge in [0, 0.05) is 28.7 Å². The molecule has 1 saturated heterocycles. The SMILES string of the molecule is O=C(O)CN1C(=O)S/C(=C\c2ccc3c(ccn3Cc3ccc(Cl)cc3C(F)(F)F)c2)C1=O. The van der Waals surface area contributed by atoms with Gasteiger partial charge in [0.25, 0.3) is 11.1 Å². The van der Waals surface area contributed by atoms with Gasteiger partial charge in [-0.25, -0.2) is 0 Å². The Morgan fingerprint density at radius 2 is 1.88 bits per heavy atom. The van der Waals surface area contributed by atoms with Crippen LogP contribution in [0.15, 0.2) is 53.6 Å². The first-order valence-electron chi connectivity index (χ1n) is 9.44. The molecule has 0 radical (unpaired) electrons. The van der Waals surface area contributed by atoms with Crippen LogP contribution in [0.2, 0.25) is 5.02 Å². The number of hydrogen-bond acceptors (Lipinski definition) is 4. The number of nitrogens with zero attached hydrogens (tertiary/aromatic N) is 2. The summed E-state index contributed by atoms with van der Waals surface area (Å²) in [6, 6.07) is 10.5. The number of hydrogen-bond donors (Lipinski definition) is 1. The third-order valence-electron chi connectivity index (χ3n) is 4.98. The fraction of sp³-hybridized carbons (Fsp3) is 0.136. The monoisotopic (exact) mass is 494 g/mol. The van der Waals surface area contributed by atoms with Gasteiger partial charge in [-0.1, -0.05) is 23.7 Å². The lowest BCUT2D eigenvalue weighted by molar-refractivity contribution is -0.140. The minimum absolute atomic E-state index is 0.000787. The maximum Gasteiger partial charge on any atom is 0.416 e. The Hall–Kier alpha value is -3.24. The van der Waals surface area contributed by atoms with Gasteiger partial charge in [0.2, 0.25) is 0 Å². The molecule has 2 amide bonds. The molecule has 11 heteroatoms. The third kappa shape index (κ3) is 4.76. The molecule has 2 heterocycles. The van der Waals surface area contributed by atoms with Gasteiger partial charge >= 0.3 is 12.1 Å². The van der Waals surface area contributed by atoms with Crippen LogP contribution in [0.3, 0.4) is 0 Å². The van der Waals surface area contributed by atoms with E-state index in [0.29, 0.717) is 27.7 Å². The van der Waals surface area contributed by atoms with E-state index in [0.717, 1.165) is 11.5 Å². The fourth-order valence-corrected chi connectivity index (χ4v) is 4.51. The molecule has 0 saturated carbocycles. The van der Waals surface area contributed by atoms with Crippen molar-refractivity contribution < 1.29 is 32.7 Å². The molecule has 0 unspecified atom stereocenters. The molecular weight excluding hydrogens is 481 g/mol. The van der Waals surface area contributed by atoms with Gasteiger partial charge in [-0.15, -0.1) is 0 Å². The number of carbonyl (C=O) groups is 3. The second-order valence-corrected chi connectivity index (χ2v) is 8.65. The summed E-state index contributed by atoms with van der Waals surface area (Å²) in [7, 11) is 0. The van der Waals surface area contributed by atoms with Gasteiger partial charge in [-0.05, 0) is 59.3 Å². The molecule has 1 fully saturated rings. The van der Waals surface area contributed by atoms with Crippen LogP contribution in [-0.2, 0) is 22.3 Å². The summed E-state index contributed by atoms with van der Waals surface area (Å²) in [6.45, 7) is -0.739. The molecule has 1 aliphatic rings. The Morgan fingerprint density at radius 3 is 2.58 bits per heavy atom. The summed E-state index contributed by atoms with van der Waals surface area (Å²) in [4.78, 5) is 35.8. The number of fused-ring (bicyclic) bond motifs is 1. The maximum absolute atomic E-state index is 13.4. The molecule has 33 heavy (non-hydrogen) atoms. The maximum atomic E-state index is 13.4. The number of alkyl halides is 3. The zero-order chi connectivity index (χ0) is 23.9. The van der Waals surface area contributed by atoms with E-state index in [1.807, 2.05) is 0 Å². The van der Waals surface area contributed by atoms with Crippen LogP contribution in [0, 0.1) is 0 Å². The number of halogens is 4. The van der Waals surface area contributed by atoms with Crippen molar-refractivity contribution in [2.45, 2.75) is 12.7 Å². The number of imide groups is 1. The van der Waals surface area contributed by atoms with Crippen molar-refractivity contribution in [1.29, 1.82) is 0 Å². The number of aliphatic carboxylic acids is 1. The predicted octanol–water partition coefficient (Wildman–Crippen LogP) is 5.48. The number of benzene rings is 2. The molecule has 0 bridgehead atoms. The number of carbonyl (C=O) groups excluding carboxylic acids is 2. The highest BCUT2D eigenvalue weighted by molar-refractivity contribution is 8.18. The van der Waals surface area contributed by atoms with Crippen LogP contribution < -0.4 is 0 Å². The molecule has 0 atom stereocenters. The fourth-order valence-electron chi connectivity index (χ4n) is 3.50. The van der Waals surface area contributed by atoms with E-state index in [1.54, 1.807) is 35.0 Å². The molecule has 2 aromatic carbocycles. The van der Waals surface area contributed by atoms with Crippen molar-refractivity contribution in [2.75, 3.05) is 6.54 Å². The van der Waals surface area contributed by atoms with Gasteiger partial charge in [0.1, 0.15) is 6.54 Å². The predicted molar refractivity (Wildman–Crippen MR) is 118 cm³/mol. The van der Waals surface area contributed by atoms with Crippen molar-refractivity contribution in [3.05, 3.63) is 75.3 Å². The minimum atomic E-state index is -4.54. The quantitative estimate of drug-likeness (QED) is 0.475. The minimum Gasteiger partial charge on any atom is -0.480 e. The van der Waals surface area contributed by atoms with Gasteiger partial charge in [0.15, 0.2) is 0 Å². The molecular formula is C22H14ClF3N2O4S. The average Bonchev–Trinajstić information content (AvgIpc) is 3.24. The Kier molecular flexibility index (Phi) is 5.98. The number of amides is 2. The lowest BCUT2D eigenvalue weighted by Crippen LogP contribution is -2.33. The van der Waals surface area contributed by atoms with Crippen LogP contribution in [0.4, 0.5) is 18.0 Å². The second kappa shape index (κ2) is 8.60. The van der Waals surface area contributed by atoms with Gasteiger partial charge < -0.3 is 9.67 Å². The highest BCUT2D eigenvalue weighted by Gasteiger charge is 2.36. The van der Waals surface area contributed by atoms with Crippen LogP contribution in [0.1, 0.15) is 16.7 Å². The normalized spacial score (nSPS) is 15.8. The van der Waals surface area contributed by atoms with Crippen LogP contribution in [0.25, 0.3) is 17.0 Å². The zero-order valence-electron chi connectivity index (χ0n) is 16.6. The third-order valence-corrected chi connectivity index (χ3v) is 6.12. The molecule has 6 nitrogen and oxygen atoms in total. The average molecular weight is 495 g/mol. The molecule has 1 aliphatic heterocycles. The van der Waals surface area contributed by atoms with Crippen molar-refractivity contribution in [3.63, 3.8) is 0 Å². The molecule has 0 spiro atoms. The van der Waals surface area contributed by atoms with E-state index in [4.69, 9.17) is 16.7 Å². The first-order valence-corrected chi connectivity index (χ1v) is 10.6. The van der Waals surface area contributed by atoms with Crippen LogP contribution >= 0.6 is 23.4 Å². The van der Waals surface area contributed by atoms with Gasteiger partial charge in [-0.2, -0.15) is 13.2 Å². The topological polar surface area (TPSA) is 79.6 Å². The molecule has 3 aromatic rings. The Labute approximate surface area is 194 Å². The molecule has 1 aromatic heterocycles. The summed E-state index contributed by atoms with van der Waals surface area (Å²) >= 11 is 6.40. The Bertz CT molecular complexity index is 1330. The van der Waals surface area contributed by atoms with Crippen molar-refractivity contribution >= 4 is 57.5 Å².